The molecule has 0 saturated carbocycles. The SMILES string of the molecule is CCCN(CCC(=O)O)C(=O)/C=C/c1c(-c2ccc(C)cc2)nc2cc(C)ccn12. The number of aliphatic carboxylic acids is 1. The normalized spacial score (nSPS) is 11.3. The van der Waals surface area contributed by atoms with Crippen LogP contribution in [0.4, 0.5) is 0 Å². The molecule has 1 N–H and O–H groups in total. The van der Waals surface area contributed by atoms with Gasteiger partial charge in [0, 0.05) is 30.9 Å². The number of hydrogen-bond acceptors (Lipinski definition) is 3. The van der Waals surface area contributed by atoms with E-state index >= 15 is 0 Å². The number of aromatic nitrogens is 2. The Morgan fingerprint density at radius 1 is 1.10 bits per heavy atom. The second kappa shape index (κ2) is 9.39. The van der Waals surface area contributed by atoms with E-state index in [4.69, 9.17) is 10.1 Å². The number of aryl methyl sites for hydroxylation is 2. The highest BCUT2D eigenvalue weighted by Crippen LogP contribution is 2.26. The molecule has 30 heavy (non-hydrogen) atoms. The summed E-state index contributed by atoms with van der Waals surface area (Å²) in [5.41, 5.74) is 5.69. The molecule has 1 aromatic carbocycles. The number of carbonyl (C=O) groups excluding carboxylic acids is 1. The minimum Gasteiger partial charge on any atom is -0.481 e. The molecule has 2 aromatic heterocycles. The average molecular weight is 405 g/mol. The first-order chi connectivity index (χ1) is 14.4. The van der Waals surface area contributed by atoms with Crippen molar-refractivity contribution in [2.45, 2.75) is 33.6 Å². The first-order valence-electron chi connectivity index (χ1n) is 10.1. The lowest BCUT2D eigenvalue weighted by Gasteiger charge is -2.19. The molecule has 2 heterocycles. The number of fused-ring (bicyclic) bond motifs is 1. The van der Waals surface area contributed by atoms with Crippen molar-refractivity contribution < 1.29 is 14.7 Å². The molecule has 0 radical (unpaired) electrons. The summed E-state index contributed by atoms with van der Waals surface area (Å²) in [5, 5.41) is 8.95. The fourth-order valence-corrected chi connectivity index (χ4v) is 3.34. The van der Waals surface area contributed by atoms with Crippen LogP contribution in [0, 0.1) is 13.8 Å². The van der Waals surface area contributed by atoms with E-state index < -0.39 is 5.97 Å². The molecule has 0 saturated heterocycles. The third-order valence-corrected chi connectivity index (χ3v) is 4.93. The summed E-state index contributed by atoms with van der Waals surface area (Å²) >= 11 is 0. The van der Waals surface area contributed by atoms with Crippen molar-refractivity contribution in [3.63, 3.8) is 0 Å². The van der Waals surface area contributed by atoms with E-state index in [1.807, 2.05) is 67.8 Å². The zero-order valence-electron chi connectivity index (χ0n) is 17.6. The molecular formula is C24H27N3O3. The van der Waals surface area contributed by atoms with Crippen molar-refractivity contribution in [3.05, 3.63) is 65.5 Å². The van der Waals surface area contributed by atoms with E-state index in [0.717, 1.165) is 34.6 Å². The Bertz CT molecular complexity index is 1080. The lowest BCUT2D eigenvalue weighted by molar-refractivity contribution is -0.138. The molecule has 6 heteroatoms. The Labute approximate surface area is 176 Å². The molecule has 0 bridgehead atoms. The van der Waals surface area contributed by atoms with Crippen molar-refractivity contribution in [3.8, 4) is 11.3 Å². The van der Waals surface area contributed by atoms with Crippen molar-refractivity contribution >= 4 is 23.6 Å². The highest BCUT2D eigenvalue weighted by Gasteiger charge is 2.15. The second-order valence-corrected chi connectivity index (χ2v) is 7.45. The maximum Gasteiger partial charge on any atom is 0.305 e. The molecule has 0 aliphatic rings. The van der Waals surface area contributed by atoms with Crippen molar-refractivity contribution in [2.24, 2.45) is 0 Å². The standard InChI is InChI=1S/C24H27N3O3/c1-4-13-26(14-12-23(29)30)22(28)10-9-20-24(19-7-5-17(2)6-8-19)25-21-16-18(3)11-15-27(20)21/h5-11,15-16H,4,12-14H2,1-3H3,(H,29,30)/b10-9+. The van der Waals surface area contributed by atoms with Gasteiger partial charge in [0.1, 0.15) is 5.65 Å². The van der Waals surface area contributed by atoms with Crippen molar-refractivity contribution in [2.75, 3.05) is 13.1 Å². The molecule has 156 valence electrons. The summed E-state index contributed by atoms with van der Waals surface area (Å²) < 4.78 is 1.97. The number of carbonyl (C=O) groups is 2. The zero-order chi connectivity index (χ0) is 21.7. The van der Waals surface area contributed by atoms with Gasteiger partial charge >= 0.3 is 5.97 Å². The highest BCUT2D eigenvalue weighted by molar-refractivity contribution is 5.93. The van der Waals surface area contributed by atoms with E-state index in [-0.39, 0.29) is 18.9 Å². The predicted octanol–water partition coefficient (Wildman–Crippen LogP) is 4.34. The summed E-state index contributed by atoms with van der Waals surface area (Å²) in [6, 6.07) is 12.1. The number of pyridine rings is 1. The second-order valence-electron chi connectivity index (χ2n) is 7.45. The molecule has 0 aliphatic carbocycles. The molecule has 0 aliphatic heterocycles. The first-order valence-corrected chi connectivity index (χ1v) is 10.1. The Morgan fingerprint density at radius 3 is 2.50 bits per heavy atom. The minimum atomic E-state index is -0.910. The van der Waals surface area contributed by atoms with Gasteiger partial charge in [-0.25, -0.2) is 4.98 Å². The lowest BCUT2D eigenvalue weighted by Crippen LogP contribution is -2.32. The van der Waals surface area contributed by atoms with Crippen LogP contribution < -0.4 is 0 Å². The van der Waals surface area contributed by atoms with Crippen molar-refractivity contribution in [1.82, 2.24) is 14.3 Å². The third kappa shape index (κ3) is 4.95. The van der Waals surface area contributed by atoms with E-state index in [1.54, 1.807) is 11.0 Å². The molecule has 1 amide bonds. The average Bonchev–Trinajstić information content (AvgIpc) is 3.07. The maximum atomic E-state index is 12.7. The predicted molar refractivity (Wildman–Crippen MR) is 118 cm³/mol. The lowest BCUT2D eigenvalue weighted by atomic mass is 10.1. The molecule has 3 aromatic rings. The Kier molecular flexibility index (Phi) is 6.67. The monoisotopic (exact) mass is 405 g/mol. The van der Waals surface area contributed by atoms with E-state index in [2.05, 4.69) is 0 Å². The molecule has 0 fully saturated rings. The van der Waals surface area contributed by atoms with Crippen LogP contribution in [0.15, 0.2) is 48.7 Å². The quantitative estimate of drug-likeness (QED) is 0.566. The van der Waals surface area contributed by atoms with E-state index in [1.165, 1.54) is 11.6 Å². The number of amides is 1. The number of benzene rings is 1. The Balaban J connectivity index is 1.99. The van der Waals surface area contributed by atoms with Gasteiger partial charge in [-0.05, 0) is 44.0 Å². The number of rotatable bonds is 8. The van der Waals surface area contributed by atoms with Gasteiger partial charge < -0.3 is 10.0 Å². The number of imidazole rings is 1. The van der Waals surface area contributed by atoms with E-state index in [0.29, 0.717) is 6.54 Å². The molecule has 3 rings (SSSR count). The summed E-state index contributed by atoms with van der Waals surface area (Å²) in [5.74, 6) is -1.11. The number of nitrogens with zero attached hydrogens (tertiary/aromatic N) is 3. The van der Waals surface area contributed by atoms with Crippen LogP contribution in [0.2, 0.25) is 0 Å². The summed E-state index contributed by atoms with van der Waals surface area (Å²) in [7, 11) is 0. The van der Waals surface area contributed by atoms with Gasteiger partial charge in [-0.15, -0.1) is 0 Å². The Hall–Kier alpha value is -3.41. The molecule has 0 spiro atoms. The number of carboxylic acid groups (broad SMARTS) is 1. The largest absolute Gasteiger partial charge is 0.481 e. The molecule has 0 atom stereocenters. The third-order valence-electron chi connectivity index (χ3n) is 4.93. The van der Waals surface area contributed by atoms with Crippen LogP contribution >= 0.6 is 0 Å². The van der Waals surface area contributed by atoms with Crippen LogP contribution in [0.25, 0.3) is 23.0 Å². The number of carboxylic acids is 1. The van der Waals surface area contributed by atoms with Crippen LogP contribution in [-0.2, 0) is 9.59 Å². The fourth-order valence-electron chi connectivity index (χ4n) is 3.34. The first kappa shape index (κ1) is 21.3. The van der Waals surface area contributed by atoms with Gasteiger partial charge in [-0.1, -0.05) is 36.8 Å². The Morgan fingerprint density at radius 2 is 1.83 bits per heavy atom. The van der Waals surface area contributed by atoms with Gasteiger partial charge in [0.05, 0.1) is 17.8 Å². The zero-order valence-corrected chi connectivity index (χ0v) is 17.6. The van der Waals surface area contributed by atoms with Crippen LogP contribution in [0.3, 0.4) is 0 Å². The number of hydrogen-bond donors (Lipinski definition) is 1. The van der Waals surface area contributed by atoms with Crippen LogP contribution in [0.1, 0.15) is 36.6 Å². The van der Waals surface area contributed by atoms with Crippen LogP contribution in [0.5, 0.6) is 0 Å². The van der Waals surface area contributed by atoms with Gasteiger partial charge in [0.25, 0.3) is 0 Å². The van der Waals surface area contributed by atoms with Gasteiger partial charge in [0.2, 0.25) is 5.91 Å². The fraction of sp³-hybridized carbons (Fsp3) is 0.292. The summed E-state index contributed by atoms with van der Waals surface area (Å²) in [6.07, 6.45) is 5.94. The summed E-state index contributed by atoms with van der Waals surface area (Å²) in [6.45, 7) is 6.74. The topological polar surface area (TPSA) is 74.9 Å². The minimum absolute atomic E-state index is 0.0664. The van der Waals surface area contributed by atoms with Gasteiger partial charge in [-0.3, -0.25) is 14.0 Å². The molecule has 6 nitrogen and oxygen atoms in total. The maximum absolute atomic E-state index is 12.7. The molecule has 0 unspecified atom stereocenters. The smallest absolute Gasteiger partial charge is 0.305 e. The molecular weight excluding hydrogens is 378 g/mol. The van der Waals surface area contributed by atoms with E-state index in [9.17, 15) is 9.59 Å². The van der Waals surface area contributed by atoms with Crippen LogP contribution in [-0.4, -0.2) is 44.4 Å². The highest BCUT2D eigenvalue weighted by atomic mass is 16.4. The van der Waals surface area contributed by atoms with Gasteiger partial charge in [-0.2, -0.15) is 0 Å². The van der Waals surface area contributed by atoms with Gasteiger partial charge in [0.15, 0.2) is 0 Å². The summed E-state index contributed by atoms with van der Waals surface area (Å²) in [4.78, 5) is 30.0. The van der Waals surface area contributed by atoms with Crippen molar-refractivity contribution in [1.29, 1.82) is 0 Å².